The summed E-state index contributed by atoms with van der Waals surface area (Å²) in [6, 6.07) is 6.17. The van der Waals surface area contributed by atoms with Crippen LogP contribution < -0.4 is 0 Å². The van der Waals surface area contributed by atoms with Gasteiger partial charge in [-0.3, -0.25) is 0 Å². The summed E-state index contributed by atoms with van der Waals surface area (Å²) in [7, 11) is 0. The third kappa shape index (κ3) is 1.62. The van der Waals surface area contributed by atoms with Crippen molar-refractivity contribution < 1.29 is 4.52 Å². The molecule has 0 bridgehead atoms. The Morgan fingerprint density at radius 2 is 2.29 bits per heavy atom. The molecule has 2 nitrogen and oxygen atoms in total. The highest BCUT2D eigenvalue weighted by atomic mass is 35.5. The van der Waals surface area contributed by atoms with Crippen LogP contribution in [-0.4, -0.2) is 11.0 Å². The van der Waals surface area contributed by atoms with Gasteiger partial charge >= 0.3 is 0 Å². The van der Waals surface area contributed by atoms with Crippen LogP contribution >= 0.6 is 11.6 Å². The number of benzene rings is 1. The SMILES string of the molecule is CCc1ccc2onc(CCCl)c2c1. The van der Waals surface area contributed by atoms with Crippen molar-refractivity contribution in [3.63, 3.8) is 0 Å². The molecule has 0 spiro atoms. The summed E-state index contributed by atoms with van der Waals surface area (Å²) in [5.41, 5.74) is 3.11. The van der Waals surface area contributed by atoms with E-state index in [4.69, 9.17) is 16.1 Å². The van der Waals surface area contributed by atoms with Crippen molar-refractivity contribution in [3.05, 3.63) is 29.5 Å². The minimum absolute atomic E-state index is 0.581. The third-order valence-corrected chi connectivity index (χ3v) is 2.54. The molecule has 1 aromatic heterocycles. The molecule has 2 rings (SSSR count). The molecule has 3 heteroatoms. The minimum Gasteiger partial charge on any atom is -0.356 e. The average molecular weight is 210 g/mol. The summed E-state index contributed by atoms with van der Waals surface area (Å²) in [5, 5.41) is 5.10. The molecule has 0 aliphatic carbocycles. The van der Waals surface area contributed by atoms with Gasteiger partial charge in [-0.15, -0.1) is 11.6 Å². The van der Waals surface area contributed by atoms with Gasteiger partial charge in [0.1, 0.15) is 0 Å². The number of aryl methyl sites for hydroxylation is 2. The van der Waals surface area contributed by atoms with Gasteiger partial charge in [-0.05, 0) is 24.1 Å². The molecule has 0 amide bonds. The molecule has 1 heterocycles. The van der Waals surface area contributed by atoms with Gasteiger partial charge in [-0.25, -0.2) is 0 Å². The maximum atomic E-state index is 5.69. The van der Waals surface area contributed by atoms with E-state index < -0.39 is 0 Å². The maximum absolute atomic E-state index is 5.69. The van der Waals surface area contributed by atoms with Crippen LogP contribution in [0.1, 0.15) is 18.2 Å². The number of aromatic nitrogens is 1. The summed E-state index contributed by atoms with van der Waals surface area (Å²) in [6.45, 7) is 2.13. The molecule has 1 aromatic carbocycles. The fourth-order valence-corrected chi connectivity index (χ4v) is 1.70. The molecule has 74 valence electrons. The monoisotopic (exact) mass is 209 g/mol. The van der Waals surface area contributed by atoms with Crippen molar-refractivity contribution in [2.45, 2.75) is 19.8 Å². The lowest BCUT2D eigenvalue weighted by molar-refractivity contribution is 0.447. The molecule has 0 fully saturated rings. The van der Waals surface area contributed by atoms with Gasteiger partial charge in [0, 0.05) is 17.7 Å². The summed E-state index contributed by atoms with van der Waals surface area (Å²) in [5.74, 6) is 0.581. The highest BCUT2D eigenvalue weighted by Crippen LogP contribution is 2.20. The Morgan fingerprint density at radius 1 is 1.43 bits per heavy atom. The molecule has 0 saturated carbocycles. The number of halogens is 1. The zero-order valence-electron chi connectivity index (χ0n) is 8.09. The molecule has 0 aliphatic rings. The Kier molecular flexibility index (Phi) is 2.73. The van der Waals surface area contributed by atoms with Crippen LogP contribution in [-0.2, 0) is 12.8 Å². The second-order valence-electron chi connectivity index (χ2n) is 3.25. The number of nitrogens with zero attached hydrogens (tertiary/aromatic N) is 1. The fraction of sp³-hybridized carbons (Fsp3) is 0.364. The lowest BCUT2D eigenvalue weighted by Crippen LogP contribution is -1.87. The highest BCUT2D eigenvalue weighted by Gasteiger charge is 2.07. The van der Waals surface area contributed by atoms with E-state index in [2.05, 4.69) is 24.2 Å². The normalized spacial score (nSPS) is 11.0. The Labute approximate surface area is 87.8 Å². The molecule has 0 N–H and O–H groups in total. The summed E-state index contributed by atoms with van der Waals surface area (Å²) in [6.07, 6.45) is 1.79. The first-order chi connectivity index (χ1) is 6.85. The highest BCUT2D eigenvalue weighted by molar-refractivity contribution is 6.18. The quantitative estimate of drug-likeness (QED) is 0.726. The van der Waals surface area contributed by atoms with E-state index in [1.165, 1.54) is 5.56 Å². The van der Waals surface area contributed by atoms with Crippen molar-refractivity contribution in [1.29, 1.82) is 0 Å². The second-order valence-corrected chi connectivity index (χ2v) is 3.63. The van der Waals surface area contributed by atoms with Crippen molar-refractivity contribution in [2.75, 3.05) is 5.88 Å². The Bertz CT molecular complexity index is 436. The average Bonchev–Trinajstić information content (AvgIpc) is 2.61. The molecular formula is C11H12ClNO. The number of fused-ring (bicyclic) bond motifs is 1. The van der Waals surface area contributed by atoms with Gasteiger partial charge in [-0.2, -0.15) is 0 Å². The molecule has 2 aromatic rings. The van der Waals surface area contributed by atoms with Gasteiger partial charge in [0.25, 0.3) is 0 Å². The topological polar surface area (TPSA) is 26.0 Å². The standard InChI is InChI=1S/C11H12ClNO/c1-2-8-3-4-11-9(7-8)10(5-6-12)13-14-11/h3-4,7H,2,5-6H2,1H3. The summed E-state index contributed by atoms with van der Waals surface area (Å²) < 4.78 is 5.19. The van der Waals surface area contributed by atoms with Gasteiger partial charge in [0.2, 0.25) is 0 Å². The third-order valence-electron chi connectivity index (χ3n) is 2.35. The van der Waals surface area contributed by atoms with E-state index in [0.717, 1.165) is 29.5 Å². The zero-order chi connectivity index (χ0) is 9.97. The zero-order valence-corrected chi connectivity index (χ0v) is 8.84. The van der Waals surface area contributed by atoms with Crippen LogP contribution in [0.25, 0.3) is 11.0 Å². The van der Waals surface area contributed by atoms with Gasteiger partial charge in [0.15, 0.2) is 5.58 Å². The number of hydrogen-bond donors (Lipinski definition) is 0. The van der Waals surface area contributed by atoms with Crippen LogP contribution in [0.5, 0.6) is 0 Å². The van der Waals surface area contributed by atoms with E-state index in [-0.39, 0.29) is 0 Å². The van der Waals surface area contributed by atoms with Crippen molar-refractivity contribution >= 4 is 22.6 Å². The van der Waals surface area contributed by atoms with Gasteiger partial charge < -0.3 is 4.52 Å². The Morgan fingerprint density at radius 3 is 3.00 bits per heavy atom. The van der Waals surface area contributed by atoms with E-state index in [0.29, 0.717) is 5.88 Å². The molecule has 0 saturated heterocycles. The molecular weight excluding hydrogens is 198 g/mol. The number of alkyl halides is 1. The van der Waals surface area contributed by atoms with Crippen LogP contribution in [0.15, 0.2) is 22.7 Å². The van der Waals surface area contributed by atoms with Gasteiger partial charge in [0.05, 0.1) is 5.69 Å². The van der Waals surface area contributed by atoms with Crippen molar-refractivity contribution in [1.82, 2.24) is 5.16 Å². The number of rotatable bonds is 3. The summed E-state index contributed by atoms with van der Waals surface area (Å²) in [4.78, 5) is 0. The molecule has 0 atom stereocenters. The van der Waals surface area contributed by atoms with E-state index in [1.807, 2.05) is 6.07 Å². The van der Waals surface area contributed by atoms with Crippen LogP contribution in [0.4, 0.5) is 0 Å². The summed E-state index contributed by atoms with van der Waals surface area (Å²) >= 11 is 5.69. The number of hydrogen-bond acceptors (Lipinski definition) is 2. The first-order valence-corrected chi connectivity index (χ1v) is 5.31. The van der Waals surface area contributed by atoms with E-state index in [1.54, 1.807) is 0 Å². The van der Waals surface area contributed by atoms with Crippen LogP contribution in [0.3, 0.4) is 0 Å². The fourth-order valence-electron chi connectivity index (χ4n) is 1.53. The second kappa shape index (κ2) is 4.01. The first kappa shape index (κ1) is 9.53. The Balaban J connectivity index is 2.52. The molecule has 14 heavy (non-hydrogen) atoms. The molecule has 0 unspecified atom stereocenters. The molecule has 0 aliphatic heterocycles. The van der Waals surface area contributed by atoms with E-state index in [9.17, 15) is 0 Å². The van der Waals surface area contributed by atoms with Crippen LogP contribution in [0, 0.1) is 0 Å². The molecule has 0 radical (unpaired) electrons. The first-order valence-electron chi connectivity index (χ1n) is 4.78. The smallest absolute Gasteiger partial charge is 0.167 e. The minimum atomic E-state index is 0.581. The van der Waals surface area contributed by atoms with Crippen molar-refractivity contribution in [2.24, 2.45) is 0 Å². The van der Waals surface area contributed by atoms with Crippen LogP contribution in [0.2, 0.25) is 0 Å². The lowest BCUT2D eigenvalue weighted by atomic mass is 10.1. The Hall–Kier alpha value is -1.02. The predicted molar refractivity (Wildman–Crippen MR) is 57.8 cm³/mol. The predicted octanol–water partition coefficient (Wildman–Crippen LogP) is 3.17. The maximum Gasteiger partial charge on any atom is 0.167 e. The largest absolute Gasteiger partial charge is 0.356 e. The van der Waals surface area contributed by atoms with Crippen molar-refractivity contribution in [3.8, 4) is 0 Å². The van der Waals surface area contributed by atoms with E-state index >= 15 is 0 Å². The lowest BCUT2D eigenvalue weighted by Gasteiger charge is -1.95. The van der Waals surface area contributed by atoms with Gasteiger partial charge in [-0.1, -0.05) is 18.1 Å².